The zero-order chi connectivity index (χ0) is 14.2. The van der Waals surface area contributed by atoms with Crippen molar-refractivity contribution in [2.24, 2.45) is 0 Å². The van der Waals surface area contributed by atoms with E-state index in [0.717, 1.165) is 30.1 Å². The summed E-state index contributed by atoms with van der Waals surface area (Å²) in [5.74, 6) is 0. The number of benzene rings is 1. The molecule has 2 aromatic heterocycles. The van der Waals surface area contributed by atoms with Crippen LogP contribution in [0.2, 0.25) is 0 Å². The van der Waals surface area contributed by atoms with Crippen LogP contribution in [0.25, 0.3) is 10.1 Å². The smallest absolute Gasteiger partial charge is 0.129 e. The second kappa shape index (κ2) is 4.90. The summed E-state index contributed by atoms with van der Waals surface area (Å²) < 4.78 is 3.22. The second-order valence-electron chi connectivity index (χ2n) is 5.26. The van der Waals surface area contributed by atoms with Gasteiger partial charge in [-0.05, 0) is 18.6 Å². The van der Waals surface area contributed by atoms with Crippen molar-refractivity contribution in [3.8, 4) is 6.07 Å². The largest absolute Gasteiger partial charge is 0.367 e. The summed E-state index contributed by atoms with van der Waals surface area (Å²) in [6, 6.07) is 13.0. The van der Waals surface area contributed by atoms with Gasteiger partial charge in [-0.2, -0.15) is 10.4 Å². The van der Waals surface area contributed by atoms with Gasteiger partial charge in [-0.1, -0.05) is 18.2 Å². The third kappa shape index (κ3) is 1.99. The normalized spacial score (nSPS) is 18.2. The molecule has 21 heavy (non-hydrogen) atoms. The van der Waals surface area contributed by atoms with Gasteiger partial charge in [-0.25, -0.2) is 0 Å². The fourth-order valence-corrected chi connectivity index (χ4v) is 4.10. The van der Waals surface area contributed by atoms with Crippen LogP contribution in [0.1, 0.15) is 17.3 Å². The maximum atomic E-state index is 9.45. The number of nitriles is 1. The van der Waals surface area contributed by atoms with Gasteiger partial charge in [0.15, 0.2) is 0 Å². The van der Waals surface area contributed by atoms with Crippen molar-refractivity contribution in [2.45, 2.75) is 12.5 Å². The molecule has 3 heterocycles. The number of nitrogens with zero attached hydrogens (tertiary/aromatic N) is 4. The van der Waals surface area contributed by atoms with E-state index in [4.69, 9.17) is 0 Å². The van der Waals surface area contributed by atoms with Crippen LogP contribution in [-0.2, 0) is 0 Å². The van der Waals surface area contributed by atoms with Gasteiger partial charge in [-0.15, -0.1) is 11.3 Å². The van der Waals surface area contributed by atoms with Crippen molar-refractivity contribution in [2.75, 3.05) is 18.0 Å². The SMILES string of the molecule is N#Cc1sc2ccccc2c1N1CCC(n2cccn2)C1. The zero-order valence-electron chi connectivity index (χ0n) is 11.4. The molecule has 0 amide bonds. The second-order valence-corrected chi connectivity index (χ2v) is 6.31. The lowest BCUT2D eigenvalue weighted by atomic mass is 10.2. The summed E-state index contributed by atoms with van der Waals surface area (Å²) in [7, 11) is 0. The molecule has 4 nitrogen and oxygen atoms in total. The molecule has 104 valence electrons. The molecule has 5 heteroatoms. The summed E-state index contributed by atoms with van der Waals surface area (Å²) in [6.07, 6.45) is 4.91. The van der Waals surface area contributed by atoms with E-state index in [-0.39, 0.29) is 0 Å². The van der Waals surface area contributed by atoms with Gasteiger partial charge in [0.25, 0.3) is 0 Å². The van der Waals surface area contributed by atoms with Crippen LogP contribution in [0.15, 0.2) is 42.7 Å². The lowest BCUT2D eigenvalue weighted by Crippen LogP contribution is -2.21. The topological polar surface area (TPSA) is 44.9 Å². The Balaban J connectivity index is 1.73. The van der Waals surface area contributed by atoms with E-state index >= 15 is 0 Å². The minimum atomic E-state index is 0.394. The summed E-state index contributed by atoms with van der Waals surface area (Å²) in [4.78, 5) is 3.15. The molecule has 1 saturated heterocycles. The molecule has 1 atom stereocenters. The standard InChI is InChI=1S/C16H14N4S/c17-10-15-16(13-4-1-2-5-14(13)21-15)19-9-6-12(11-19)20-8-3-7-18-20/h1-5,7-8,12H,6,9,11H2. The minimum absolute atomic E-state index is 0.394. The average Bonchev–Trinajstić information content (AvgIpc) is 3.24. The number of aromatic nitrogens is 2. The van der Waals surface area contributed by atoms with Crippen LogP contribution in [0, 0.1) is 11.3 Å². The predicted molar refractivity (Wildman–Crippen MR) is 84.6 cm³/mol. The Morgan fingerprint density at radius 2 is 2.19 bits per heavy atom. The molecule has 0 bridgehead atoms. The Labute approximate surface area is 126 Å². The van der Waals surface area contributed by atoms with Crippen LogP contribution < -0.4 is 4.90 Å². The monoisotopic (exact) mass is 294 g/mol. The molecule has 0 aliphatic carbocycles. The van der Waals surface area contributed by atoms with Gasteiger partial charge in [0.1, 0.15) is 10.9 Å². The number of anilines is 1. The highest BCUT2D eigenvalue weighted by molar-refractivity contribution is 7.20. The van der Waals surface area contributed by atoms with Crippen molar-refractivity contribution in [3.63, 3.8) is 0 Å². The van der Waals surface area contributed by atoms with E-state index in [2.05, 4.69) is 28.2 Å². The highest BCUT2D eigenvalue weighted by atomic mass is 32.1. The van der Waals surface area contributed by atoms with Crippen LogP contribution in [0.3, 0.4) is 0 Å². The number of rotatable bonds is 2. The van der Waals surface area contributed by atoms with E-state index in [1.807, 2.05) is 35.3 Å². The van der Waals surface area contributed by atoms with E-state index in [9.17, 15) is 5.26 Å². The molecule has 1 unspecified atom stereocenters. The van der Waals surface area contributed by atoms with E-state index in [1.54, 1.807) is 11.3 Å². The third-order valence-corrected chi connectivity index (χ3v) is 5.11. The third-order valence-electron chi connectivity index (χ3n) is 4.05. The van der Waals surface area contributed by atoms with Crippen LogP contribution in [0.4, 0.5) is 5.69 Å². The number of hydrogen-bond acceptors (Lipinski definition) is 4. The lowest BCUT2D eigenvalue weighted by molar-refractivity contribution is 0.495. The fraction of sp³-hybridized carbons (Fsp3) is 0.250. The Morgan fingerprint density at radius 1 is 1.29 bits per heavy atom. The molecule has 0 saturated carbocycles. The number of fused-ring (bicyclic) bond motifs is 1. The van der Waals surface area contributed by atoms with E-state index < -0.39 is 0 Å². The number of hydrogen-bond donors (Lipinski definition) is 0. The molecule has 0 spiro atoms. The van der Waals surface area contributed by atoms with Gasteiger partial charge in [0.2, 0.25) is 0 Å². The first-order chi connectivity index (χ1) is 10.4. The van der Waals surface area contributed by atoms with Crippen LogP contribution in [0.5, 0.6) is 0 Å². The van der Waals surface area contributed by atoms with Crippen molar-refractivity contribution in [1.29, 1.82) is 5.26 Å². The maximum absolute atomic E-state index is 9.45. The van der Waals surface area contributed by atoms with Crippen molar-refractivity contribution in [1.82, 2.24) is 9.78 Å². The highest BCUT2D eigenvalue weighted by Gasteiger charge is 2.28. The molecule has 0 radical (unpaired) electrons. The lowest BCUT2D eigenvalue weighted by Gasteiger charge is -2.18. The Hall–Kier alpha value is -2.32. The molecular formula is C16H14N4S. The first-order valence-corrected chi connectivity index (χ1v) is 7.84. The summed E-state index contributed by atoms with van der Waals surface area (Å²) in [5, 5.41) is 15.0. The summed E-state index contributed by atoms with van der Waals surface area (Å²) >= 11 is 1.58. The van der Waals surface area contributed by atoms with Gasteiger partial charge in [0.05, 0.1) is 11.7 Å². The molecule has 1 aliphatic heterocycles. The Morgan fingerprint density at radius 3 is 3.00 bits per heavy atom. The van der Waals surface area contributed by atoms with Crippen molar-refractivity contribution >= 4 is 27.1 Å². The highest BCUT2D eigenvalue weighted by Crippen LogP contribution is 2.40. The maximum Gasteiger partial charge on any atom is 0.129 e. The van der Waals surface area contributed by atoms with E-state index in [0.29, 0.717) is 6.04 Å². The molecule has 1 aromatic carbocycles. The van der Waals surface area contributed by atoms with Crippen molar-refractivity contribution in [3.05, 3.63) is 47.6 Å². The van der Waals surface area contributed by atoms with Gasteiger partial charge >= 0.3 is 0 Å². The summed E-state index contributed by atoms with van der Waals surface area (Å²) in [5.41, 5.74) is 1.10. The average molecular weight is 294 g/mol. The molecular weight excluding hydrogens is 280 g/mol. The minimum Gasteiger partial charge on any atom is -0.367 e. The zero-order valence-corrected chi connectivity index (χ0v) is 12.3. The van der Waals surface area contributed by atoms with Crippen LogP contribution >= 0.6 is 11.3 Å². The molecule has 1 aliphatic rings. The van der Waals surface area contributed by atoms with Gasteiger partial charge < -0.3 is 4.90 Å². The quantitative estimate of drug-likeness (QED) is 0.727. The predicted octanol–water partition coefficient (Wildman–Crippen LogP) is 3.42. The molecule has 0 N–H and O–H groups in total. The first kappa shape index (κ1) is 12.4. The van der Waals surface area contributed by atoms with Gasteiger partial charge in [-0.3, -0.25) is 4.68 Å². The molecule has 4 rings (SSSR count). The first-order valence-electron chi connectivity index (χ1n) is 7.02. The Bertz CT molecular complexity index is 813. The Kier molecular flexibility index (Phi) is 2.90. The number of thiophene rings is 1. The molecule has 3 aromatic rings. The van der Waals surface area contributed by atoms with Gasteiger partial charge in [0, 0.05) is 35.6 Å². The fourth-order valence-electron chi connectivity index (χ4n) is 3.08. The van der Waals surface area contributed by atoms with Crippen LogP contribution in [-0.4, -0.2) is 22.9 Å². The van der Waals surface area contributed by atoms with Crippen molar-refractivity contribution < 1.29 is 0 Å². The van der Waals surface area contributed by atoms with E-state index in [1.165, 1.54) is 10.1 Å². The summed E-state index contributed by atoms with van der Waals surface area (Å²) in [6.45, 7) is 1.89. The molecule has 1 fully saturated rings.